The van der Waals surface area contributed by atoms with Crippen molar-refractivity contribution < 1.29 is 14.7 Å². The Morgan fingerprint density at radius 1 is 1.56 bits per heavy atom. The van der Waals surface area contributed by atoms with Crippen molar-refractivity contribution in [3.63, 3.8) is 0 Å². The number of ether oxygens (including phenoxy) is 2. The quantitative estimate of drug-likeness (QED) is 0.481. The molecular formula is C12H15NO3. The fourth-order valence-electron chi connectivity index (χ4n) is 2.03. The topological polar surface area (TPSA) is 51.0 Å². The fourth-order valence-corrected chi connectivity index (χ4v) is 2.03. The van der Waals surface area contributed by atoms with Gasteiger partial charge in [-0.15, -0.1) is 5.16 Å². The average Bonchev–Trinajstić information content (AvgIpc) is 2.80. The summed E-state index contributed by atoms with van der Waals surface area (Å²) in [6.45, 7) is 1.23. The summed E-state index contributed by atoms with van der Waals surface area (Å²) in [4.78, 5) is 0. The van der Waals surface area contributed by atoms with Crippen molar-refractivity contribution in [2.75, 3.05) is 20.3 Å². The molecule has 0 aliphatic carbocycles. The molecule has 4 nitrogen and oxygen atoms in total. The molecule has 1 aliphatic heterocycles. The second-order valence-electron chi connectivity index (χ2n) is 3.94. The predicted molar refractivity (Wildman–Crippen MR) is 60.4 cm³/mol. The summed E-state index contributed by atoms with van der Waals surface area (Å²) in [7, 11) is 1.64. The third-order valence-corrected chi connectivity index (χ3v) is 3.00. The van der Waals surface area contributed by atoms with E-state index in [9.17, 15) is 0 Å². The lowest BCUT2D eigenvalue weighted by Crippen LogP contribution is -2.28. The average molecular weight is 221 g/mol. The van der Waals surface area contributed by atoms with Crippen molar-refractivity contribution in [3.05, 3.63) is 29.8 Å². The van der Waals surface area contributed by atoms with Gasteiger partial charge >= 0.3 is 0 Å². The Bertz CT molecular complexity index is 384. The minimum absolute atomic E-state index is 0.316. The highest BCUT2D eigenvalue weighted by atomic mass is 16.5. The van der Waals surface area contributed by atoms with E-state index < -0.39 is 0 Å². The zero-order valence-electron chi connectivity index (χ0n) is 9.22. The predicted octanol–water partition coefficient (Wildman–Crippen LogP) is 1.81. The van der Waals surface area contributed by atoms with Crippen LogP contribution in [0.5, 0.6) is 5.75 Å². The molecule has 0 bridgehead atoms. The first-order chi connectivity index (χ1) is 7.80. The fraction of sp³-hybridized carbons (Fsp3) is 0.417. The van der Waals surface area contributed by atoms with Gasteiger partial charge in [0.25, 0.3) is 0 Å². The maximum Gasteiger partial charge on any atom is 0.119 e. The molecule has 1 aliphatic rings. The van der Waals surface area contributed by atoms with Gasteiger partial charge in [-0.1, -0.05) is 12.1 Å². The number of hydrogen-bond donors (Lipinski definition) is 1. The van der Waals surface area contributed by atoms with Crippen LogP contribution in [-0.4, -0.2) is 31.7 Å². The van der Waals surface area contributed by atoms with E-state index in [1.807, 2.05) is 24.3 Å². The highest BCUT2D eigenvalue weighted by Crippen LogP contribution is 2.33. The van der Waals surface area contributed by atoms with Crippen LogP contribution in [0.2, 0.25) is 0 Å². The van der Waals surface area contributed by atoms with Gasteiger partial charge in [0.2, 0.25) is 0 Å². The number of oxime groups is 1. The van der Waals surface area contributed by atoms with Crippen LogP contribution in [0.15, 0.2) is 29.4 Å². The maximum absolute atomic E-state index is 8.76. The second kappa shape index (κ2) is 4.53. The molecule has 1 aromatic carbocycles. The number of rotatable bonds is 3. The molecule has 0 spiro atoms. The molecule has 0 saturated carbocycles. The van der Waals surface area contributed by atoms with Crippen LogP contribution in [-0.2, 0) is 10.2 Å². The highest BCUT2D eigenvalue weighted by Gasteiger charge is 2.35. The molecule has 1 saturated heterocycles. The van der Waals surface area contributed by atoms with Crippen LogP contribution >= 0.6 is 0 Å². The summed E-state index contributed by atoms with van der Waals surface area (Å²) in [6.07, 6.45) is 2.37. The van der Waals surface area contributed by atoms with E-state index in [0.717, 1.165) is 17.7 Å². The van der Waals surface area contributed by atoms with Crippen molar-refractivity contribution in [2.24, 2.45) is 5.16 Å². The maximum atomic E-state index is 8.76. The zero-order chi connectivity index (χ0) is 11.4. The molecule has 1 aromatic rings. The van der Waals surface area contributed by atoms with Crippen molar-refractivity contribution >= 4 is 6.21 Å². The first-order valence-corrected chi connectivity index (χ1v) is 5.22. The normalized spacial score (nSPS) is 25.1. The van der Waals surface area contributed by atoms with E-state index in [2.05, 4.69) is 5.16 Å². The third-order valence-electron chi connectivity index (χ3n) is 3.00. The lowest BCUT2D eigenvalue weighted by molar-refractivity contribution is 0.187. The van der Waals surface area contributed by atoms with Gasteiger partial charge in [-0.05, 0) is 24.1 Å². The molecule has 0 amide bonds. The Labute approximate surface area is 94.5 Å². The minimum atomic E-state index is -0.316. The Kier molecular flexibility index (Phi) is 3.10. The van der Waals surface area contributed by atoms with E-state index in [1.54, 1.807) is 13.3 Å². The number of methoxy groups -OCH3 is 1. The summed E-state index contributed by atoms with van der Waals surface area (Å²) in [5.41, 5.74) is 0.741. The Morgan fingerprint density at radius 2 is 2.44 bits per heavy atom. The van der Waals surface area contributed by atoms with Crippen LogP contribution in [0.25, 0.3) is 0 Å². The largest absolute Gasteiger partial charge is 0.497 e. The zero-order valence-corrected chi connectivity index (χ0v) is 9.22. The monoisotopic (exact) mass is 221 g/mol. The van der Waals surface area contributed by atoms with Gasteiger partial charge in [0.15, 0.2) is 0 Å². The molecule has 4 heteroatoms. The van der Waals surface area contributed by atoms with Gasteiger partial charge in [-0.3, -0.25) is 0 Å². The van der Waals surface area contributed by atoms with Crippen LogP contribution < -0.4 is 4.74 Å². The summed E-state index contributed by atoms with van der Waals surface area (Å²) < 4.78 is 10.6. The minimum Gasteiger partial charge on any atom is -0.497 e. The SMILES string of the molecule is COc1cccc([C@]2(/C=N\O)CCOC2)c1. The summed E-state index contributed by atoms with van der Waals surface area (Å²) in [5.74, 6) is 0.801. The Morgan fingerprint density at radius 3 is 3.06 bits per heavy atom. The van der Waals surface area contributed by atoms with Gasteiger partial charge in [-0.25, -0.2) is 0 Å². The lowest BCUT2D eigenvalue weighted by Gasteiger charge is -2.22. The van der Waals surface area contributed by atoms with Crippen molar-refractivity contribution in [1.82, 2.24) is 0 Å². The highest BCUT2D eigenvalue weighted by molar-refractivity contribution is 5.74. The summed E-state index contributed by atoms with van der Waals surface area (Å²) in [6, 6.07) is 7.78. The van der Waals surface area contributed by atoms with Crippen molar-refractivity contribution in [2.45, 2.75) is 11.8 Å². The second-order valence-corrected chi connectivity index (χ2v) is 3.94. The molecular weight excluding hydrogens is 206 g/mol. The molecule has 0 radical (unpaired) electrons. The Balaban J connectivity index is 2.38. The number of nitrogens with zero attached hydrogens (tertiary/aromatic N) is 1. The molecule has 1 N–H and O–H groups in total. The van der Waals surface area contributed by atoms with Gasteiger partial charge in [0.05, 0.1) is 25.3 Å². The van der Waals surface area contributed by atoms with Crippen LogP contribution in [0.4, 0.5) is 0 Å². The van der Waals surface area contributed by atoms with Crippen LogP contribution in [0.3, 0.4) is 0 Å². The molecule has 2 rings (SSSR count). The summed E-state index contributed by atoms with van der Waals surface area (Å²) in [5, 5.41) is 11.9. The first-order valence-electron chi connectivity index (χ1n) is 5.22. The standard InChI is InChI=1S/C12H15NO3/c1-15-11-4-2-3-10(7-11)12(8-13-14)5-6-16-9-12/h2-4,7-8,14H,5-6,9H2,1H3/b13-8-/t12-/m0/s1. The molecule has 0 aromatic heterocycles. The first kappa shape index (κ1) is 11.0. The van der Waals surface area contributed by atoms with Gasteiger partial charge in [0.1, 0.15) is 5.75 Å². The molecule has 1 fully saturated rings. The molecule has 1 heterocycles. The lowest BCUT2D eigenvalue weighted by atomic mass is 9.81. The molecule has 1 atom stereocenters. The van der Waals surface area contributed by atoms with Gasteiger partial charge < -0.3 is 14.7 Å². The molecule has 0 unspecified atom stereocenters. The summed E-state index contributed by atoms with van der Waals surface area (Å²) >= 11 is 0. The van der Waals surface area contributed by atoms with E-state index in [-0.39, 0.29) is 5.41 Å². The van der Waals surface area contributed by atoms with Crippen molar-refractivity contribution in [3.8, 4) is 5.75 Å². The Hall–Kier alpha value is -1.55. The van der Waals surface area contributed by atoms with Gasteiger partial charge in [-0.2, -0.15) is 0 Å². The third kappa shape index (κ3) is 1.88. The molecule has 86 valence electrons. The van der Waals surface area contributed by atoms with Crippen LogP contribution in [0.1, 0.15) is 12.0 Å². The van der Waals surface area contributed by atoms with Crippen molar-refractivity contribution in [1.29, 1.82) is 0 Å². The van der Waals surface area contributed by atoms with E-state index in [0.29, 0.717) is 13.2 Å². The van der Waals surface area contributed by atoms with E-state index >= 15 is 0 Å². The number of hydrogen-bond acceptors (Lipinski definition) is 4. The van der Waals surface area contributed by atoms with E-state index in [4.69, 9.17) is 14.7 Å². The van der Waals surface area contributed by atoms with E-state index in [1.165, 1.54) is 0 Å². The number of benzene rings is 1. The van der Waals surface area contributed by atoms with Crippen LogP contribution in [0, 0.1) is 0 Å². The smallest absolute Gasteiger partial charge is 0.119 e. The van der Waals surface area contributed by atoms with Gasteiger partial charge in [0, 0.05) is 6.61 Å². The molecule has 16 heavy (non-hydrogen) atoms.